The summed E-state index contributed by atoms with van der Waals surface area (Å²) in [5.41, 5.74) is 1.22. The van der Waals surface area contributed by atoms with E-state index in [0.29, 0.717) is 5.92 Å². The average Bonchev–Trinajstić information content (AvgIpc) is 3.14. The zero-order valence-corrected chi connectivity index (χ0v) is 20.6. The molecule has 3 fully saturated rings. The van der Waals surface area contributed by atoms with E-state index in [1.807, 2.05) is 10.6 Å². The highest BCUT2D eigenvalue weighted by Crippen LogP contribution is 2.40. The van der Waals surface area contributed by atoms with Crippen LogP contribution < -0.4 is 20.3 Å². The molecule has 0 aromatic carbocycles. The first-order valence-electron chi connectivity index (χ1n) is 13.3. The molecule has 0 amide bonds. The third-order valence-corrected chi connectivity index (χ3v) is 8.53. The Hall–Kier alpha value is -2.64. The van der Waals surface area contributed by atoms with E-state index in [0.717, 1.165) is 87.5 Å². The van der Waals surface area contributed by atoms with Gasteiger partial charge >= 0.3 is 0 Å². The van der Waals surface area contributed by atoms with E-state index in [1.54, 1.807) is 6.07 Å². The molecule has 0 N–H and O–H groups in total. The highest BCUT2D eigenvalue weighted by Gasteiger charge is 2.37. The Labute approximate surface area is 202 Å². The molecule has 34 heavy (non-hydrogen) atoms. The van der Waals surface area contributed by atoms with Gasteiger partial charge in [0.15, 0.2) is 0 Å². The lowest BCUT2D eigenvalue weighted by atomic mass is 9.94. The Balaban J connectivity index is 1.39. The van der Waals surface area contributed by atoms with Crippen molar-refractivity contribution in [2.75, 3.05) is 47.4 Å². The third-order valence-electron chi connectivity index (χ3n) is 8.53. The van der Waals surface area contributed by atoms with Crippen LogP contribution in [0.1, 0.15) is 64.1 Å². The van der Waals surface area contributed by atoms with Crippen LogP contribution >= 0.6 is 0 Å². The van der Waals surface area contributed by atoms with E-state index in [1.165, 1.54) is 25.7 Å². The third kappa shape index (κ3) is 4.05. The highest BCUT2D eigenvalue weighted by molar-refractivity contribution is 5.49. The molecule has 3 saturated heterocycles. The lowest BCUT2D eigenvalue weighted by Gasteiger charge is -2.38. The Morgan fingerprint density at radius 1 is 0.735 bits per heavy atom. The van der Waals surface area contributed by atoms with Crippen molar-refractivity contribution in [1.82, 2.24) is 19.5 Å². The van der Waals surface area contributed by atoms with Gasteiger partial charge in [-0.15, -0.1) is 0 Å². The summed E-state index contributed by atoms with van der Waals surface area (Å²) < 4.78 is 1.99. The van der Waals surface area contributed by atoms with Gasteiger partial charge in [-0.2, -0.15) is 15.0 Å². The van der Waals surface area contributed by atoms with Crippen molar-refractivity contribution in [1.29, 1.82) is 0 Å². The van der Waals surface area contributed by atoms with Crippen LogP contribution in [0.5, 0.6) is 0 Å². The topological polar surface area (TPSA) is 70.4 Å². The number of fused-ring (bicyclic) bond motifs is 2. The van der Waals surface area contributed by atoms with Crippen LogP contribution in [-0.4, -0.2) is 52.2 Å². The second kappa shape index (κ2) is 8.86. The predicted octanol–water partition coefficient (Wildman–Crippen LogP) is 3.48. The molecule has 0 radical (unpaired) electrons. The fourth-order valence-electron chi connectivity index (χ4n) is 6.18. The second-order valence-corrected chi connectivity index (χ2v) is 11.1. The van der Waals surface area contributed by atoms with Crippen LogP contribution in [0.2, 0.25) is 0 Å². The number of aromatic nitrogens is 4. The minimum absolute atomic E-state index is 0.109. The summed E-state index contributed by atoms with van der Waals surface area (Å²) >= 11 is 0. The number of hydrogen-bond acceptors (Lipinski definition) is 7. The van der Waals surface area contributed by atoms with E-state index in [9.17, 15) is 4.79 Å². The van der Waals surface area contributed by atoms with Gasteiger partial charge in [0.2, 0.25) is 17.8 Å². The first-order chi connectivity index (χ1) is 16.5. The fraction of sp³-hybridized carbons (Fsp3) is 0.692. The van der Waals surface area contributed by atoms with E-state index < -0.39 is 0 Å². The van der Waals surface area contributed by atoms with Crippen LogP contribution in [0.4, 0.5) is 17.8 Å². The maximum absolute atomic E-state index is 12.6. The largest absolute Gasteiger partial charge is 0.341 e. The van der Waals surface area contributed by atoms with Crippen LogP contribution in [0.15, 0.2) is 23.0 Å². The molecule has 7 heterocycles. The maximum atomic E-state index is 12.6. The fourth-order valence-corrected chi connectivity index (χ4v) is 6.18. The number of anilines is 3. The molecular weight excluding hydrogens is 426 g/mol. The number of pyridine rings is 1. The van der Waals surface area contributed by atoms with Gasteiger partial charge < -0.3 is 19.3 Å². The lowest BCUT2D eigenvalue weighted by Crippen LogP contribution is -2.40. The molecule has 8 nitrogen and oxygen atoms in total. The molecule has 2 bridgehead atoms. The molecule has 2 aromatic rings. The number of piperidine rings is 3. The van der Waals surface area contributed by atoms with Crippen molar-refractivity contribution in [2.24, 2.45) is 17.8 Å². The van der Waals surface area contributed by atoms with Gasteiger partial charge in [0.1, 0.15) is 0 Å². The second-order valence-electron chi connectivity index (χ2n) is 11.1. The van der Waals surface area contributed by atoms with E-state index in [-0.39, 0.29) is 11.6 Å². The molecule has 5 aliphatic heterocycles. The Morgan fingerprint density at radius 2 is 1.32 bits per heavy atom. The Morgan fingerprint density at radius 3 is 1.94 bits per heavy atom. The van der Waals surface area contributed by atoms with Crippen LogP contribution in [0.25, 0.3) is 0 Å². The summed E-state index contributed by atoms with van der Waals surface area (Å²) in [7, 11) is 0. The van der Waals surface area contributed by atoms with E-state index in [4.69, 9.17) is 15.0 Å². The molecule has 182 valence electrons. The molecule has 2 unspecified atom stereocenters. The van der Waals surface area contributed by atoms with Crippen molar-refractivity contribution in [3.8, 4) is 0 Å². The van der Waals surface area contributed by atoms with Crippen molar-refractivity contribution in [3.05, 3.63) is 34.2 Å². The Bertz CT molecular complexity index is 1040. The van der Waals surface area contributed by atoms with Crippen molar-refractivity contribution in [2.45, 2.75) is 65.0 Å². The van der Waals surface area contributed by atoms with Crippen molar-refractivity contribution >= 4 is 17.8 Å². The van der Waals surface area contributed by atoms with Crippen molar-refractivity contribution < 1.29 is 0 Å². The summed E-state index contributed by atoms with van der Waals surface area (Å²) in [4.78, 5) is 34.9. The SMILES string of the molecule is CC1CCN(c2nc(N3CCC(C)CC3)nc(N3CC4CCC3c3cccc(=O)n3C4)n2)CC1. The number of hydrogen-bond donors (Lipinski definition) is 0. The minimum Gasteiger partial charge on any atom is -0.341 e. The Kier molecular flexibility index (Phi) is 5.70. The minimum atomic E-state index is 0.109. The van der Waals surface area contributed by atoms with Crippen LogP contribution in [0.3, 0.4) is 0 Å². The van der Waals surface area contributed by atoms with Gasteiger partial charge in [-0.3, -0.25) is 4.79 Å². The number of nitrogens with zero attached hydrogens (tertiary/aromatic N) is 7. The van der Waals surface area contributed by atoms with Gasteiger partial charge in [0, 0.05) is 51.0 Å². The summed E-state index contributed by atoms with van der Waals surface area (Å²) in [5.74, 6) is 4.41. The van der Waals surface area contributed by atoms with E-state index >= 15 is 0 Å². The summed E-state index contributed by atoms with van der Waals surface area (Å²) in [5, 5.41) is 0. The molecule has 2 aromatic heterocycles. The smallest absolute Gasteiger partial charge is 0.250 e. The molecule has 5 aliphatic rings. The summed E-state index contributed by atoms with van der Waals surface area (Å²) in [6.07, 6.45) is 6.91. The van der Waals surface area contributed by atoms with Crippen LogP contribution in [-0.2, 0) is 6.54 Å². The molecule has 0 aliphatic carbocycles. The molecule has 2 atom stereocenters. The lowest BCUT2D eigenvalue weighted by molar-refractivity contribution is 0.360. The average molecular weight is 464 g/mol. The molecular formula is C26H37N7O. The standard InChI is InChI=1S/C26H37N7O/c1-18-8-12-30(13-9-18)24-27-25(31-14-10-19(2)11-15-31)29-26(28-24)33-17-20-6-7-22(33)21-4-3-5-23(34)32(21)16-20/h3-5,18-20,22H,6-17H2,1-2H3. The van der Waals surface area contributed by atoms with Gasteiger partial charge in [0.05, 0.1) is 6.04 Å². The number of rotatable bonds is 3. The van der Waals surface area contributed by atoms with Crippen molar-refractivity contribution in [3.63, 3.8) is 0 Å². The summed E-state index contributed by atoms with van der Waals surface area (Å²) in [6, 6.07) is 5.85. The first kappa shape index (κ1) is 21.9. The highest BCUT2D eigenvalue weighted by atomic mass is 16.1. The maximum Gasteiger partial charge on any atom is 0.250 e. The van der Waals surface area contributed by atoms with Gasteiger partial charge in [0.25, 0.3) is 5.56 Å². The predicted molar refractivity (Wildman–Crippen MR) is 135 cm³/mol. The molecule has 0 spiro atoms. The van der Waals surface area contributed by atoms with Gasteiger partial charge in [-0.25, -0.2) is 0 Å². The molecule has 0 saturated carbocycles. The quantitative estimate of drug-likeness (QED) is 0.690. The van der Waals surface area contributed by atoms with Crippen LogP contribution in [0, 0.1) is 17.8 Å². The normalized spacial score (nSPS) is 26.0. The monoisotopic (exact) mass is 463 g/mol. The van der Waals surface area contributed by atoms with Gasteiger partial charge in [-0.1, -0.05) is 19.9 Å². The summed E-state index contributed by atoms with van der Waals surface area (Å²) in [6.45, 7) is 10.4. The zero-order valence-electron chi connectivity index (χ0n) is 20.6. The molecule has 7 rings (SSSR count). The molecule has 8 heteroatoms. The zero-order chi connectivity index (χ0) is 23.2. The first-order valence-corrected chi connectivity index (χ1v) is 13.3. The van der Waals surface area contributed by atoms with E-state index in [2.05, 4.69) is 34.6 Å². The van der Waals surface area contributed by atoms with Gasteiger partial charge in [-0.05, 0) is 62.3 Å².